The molecule has 0 radical (unpaired) electrons. The second-order valence-electron chi connectivity index (χ2n) is 3.46. The Morgan fingerprint density at radius 2 is 2.14 bits per heavy atom. The van der Waals surface area contributed by atoms with Gasteiger partial charge in [0, 0.05) is 26.5 Å². The lowest BCUT2D eigenvalue weighted by molar-refractivity contribution is -0.132. The van der Waals surface area contributed by atoms with Gasteiger partial charge in [0.15, 0.2) is 0 Å². The summed E-state index contributed by atoms with van der Waals surface area (Å²) >= 11 is 5.53. The van der Waals surface area contributed by atoms with Crippen LogP contribution >= 0.6 is 11.6 Å². The van der Waals surface area contributed by atoms with E-state index >= 15 is 0 Å². The van der Waals surface area contributed by atoms with Crippen LogP contribution in [0, 0.1) is 0 Å². The summed E-state index contributed by atoms with van der Waals surface area (Å²) < 4.78 is 4.99. The molecule has 0 N–H and O–H groups in total. The van der Waals surface area contributed by atoms with Crippen LogP contribution in [-0.4, -0.2) is 43.5 Å². The number of hydrogen-bond acceptors (Lipinski definition) is 2. The molecular formula is C10H20ClNO2. The highest BCUT2D eigenvalue weighted by molar-refractivity contribution is 6.17. The normalized spacial score (nSPS) is 12.6. The molecule has 1 atom stereocenters. The summed E-state index contributed by atoms with van der Waals surface area (Å²) in [6.07, 6.45) is 2.35. The first-order valence-electron chi connectivity index (χ1n) is 4.94. The number of methoxy groups -OCH3 is 1. The van der Waals surface area contributed by atoms with Crippen LogP contribution in [0.15, 0.2) is 0 Å². The molecule has 0 saturated heterocycles. The van der Waals surface area contributed by atoms with E-state index in [0.717, 1.165) is 12.8 Å². The van der Waals surface area contributed by atoms with Crippen molar-refractivity contribution in [1.29, 1.82) is 0 Å². The smallest absolute Gasteiger partial charge is 0.222 e. The first kappa shape index (κ1) is 13.7. The van der Waals surface area contributed by atoms with E-state index in [-0.39, 0.29) is 11.9 Å². The summed E-state index contributed by atoms with van der Waals surface area (Å²) in [6.45, 7) is 2.56. The van der Waals surface area contributed by atoms with E-state index in [9.17, 15) is 4.79 Å². The molecule has 1 unspecified atom stereocenters. The van der Waals surface area contributed by atoms with E-state index in [0.29, 0.717) is 18.9 Å². The average Bonchev–Trinajstić information content (AvgIpc) is 2.17. The fourth-order valence-corrected chi connectivity index (χ4v) is 1.33. The van der Waals surface area contributed by atoms with Gasteiger partial charge in [0.1, 0.15) is 0 Å². The summed E-state index contributed by atoms with van der Waals surface area (Å²) in [5, 5.41) is 0. The van der Waals surface area contributed by atoms with Crippen molar-refractivity contribution in [2.24, 2.45) is 0 Å². The molecule has 0 heterocycles. The molecule has 3 nitrogen and oxygen atoms in total. The molecule has 0 saturated carbocycles. The van der Waals surface area contributed by atoms with Crippen molar-refractivity contribution in [2.45, 2.75) is 32.2 Å². The molecule has 0 aliphatic rings. The van der Waals surface area contributed by atoms with Crippen LogP contribution in [0.5, 0.6) is 0 Å². The lowest BCUT2D eigenvalue weighted by atomic mass is 10.2. The third kappa shape index (κ3) is 5.45. The number of likely N-dealkylation sites (N-methyl/N-ethyl adjacent to an activating group) is 1. The Hall–Kier alpha value is -0.280. The van der Waals surface area contributed by atoms with Gasteiger partial charge in [-0.1, -0.05) is 0 Å². The van der Waals surface area contributed by atoms with Crippen molar-refractivity contribution >= 4 is 17.5 Å². The van der Waals surface area contributed by atoms with Crippen LogP contribution in [0.3, 0.4) is 0 Å². The lowest BCUT2D eigenvalue weighted by Gasteiger charge is -2.24. The highest BCUT2D eigenvalue weighted by Crippen LogP contribution is 2.04. The van der Waals surface area contributed by atoms with Crippen LogP contribution in [-0.2, 0) is 9.53 Å². The van der Waals surface area contributed by atoms with Crippen molar-refractivity contribution in [3.8, 4) is 0 Å². The number of unbranched alkanes of at least 4 members (excludes halogenated alkanes) is 1. The number of carbonyl (C=O) groups excluding carboxylic acids is 1. The third-order valence-electron chi connectivity index (χ3n) is 2.24. The van der Waals surface area contributed by atoms with Crippen molar-refractivity contribution in [2.75, 3.05) is 26.6 Å². The molecule has 0 aromatic carbocycles. The number of halogens is 1. The van der Waals surface area contributed by atoms with Crippen LogP contribution in [0.2, 0.25) is 0 Å². The first-order chi connectivity index (χ1) is 6.63. The molecule has 0 fully saturated rings. The zero-order valence-corrected chi connectivity index (χ0v) is 10.0. The van der Waals surface area contributed by atoms with E-state index in [1.807, 2.05) is 14.0 Å². The number of amides is 1. The molecule has 0 aliphatic heterocycles. The number of alkyl halides is 1. The monoisotopic (exact) mass is 221 g/mol. The highest BCUT2D eigenvalue weighted by Gasteiger charge is 2.14. The van der Waals surface area contributed by atoms with Gasteiger partial charge in [-0.25, -0.2) is 0 Å². The summed E-state index contributed by atoms with van der Waals surface area (Å²) in [6, 6.07) is 0.142. The number of nitrogens with zero attached hydrogens (tertiary/aromatic N) is 1. The van der Waals surface area contributed by atoms with Crippen molar-refractivity contribution in [3.63, 3.8) is 0 Å². The van der Waals surface area contributed by atoms with Gasteiger partial charge in [-0.05, 0) is 19.8 Å². The Bertz CT molecular complexity index is 164. The lowest BCUT2D eigenvalue weighted by Crippen LogP contribution is -2.37. The van der Waals surface area contributed by atoms with Crippen molar-refractivity contribution < 1.29 is 9.53 Å². The third-order valence-corrected chi connectivity index (χ3v) is 2.50. The fourth-order valence-electron chi connectivity index (χ4n) is 1.15. The van der Waals surface area contributed by atoms with E-state index in [4.69, 9.17) is 16.3 Å². The van der Waals surface area contributed by atoms with E-state index in [1.165, 1.54) is 0 Å². The SMILES string of the molecule is COCC(C)N(C)C(=O)CCCCCl. The highest BCUT2D eigenvalue weighted by atomic mass is 35.5. The van der Waals surface area contributed by atoms with Crippen LogP contribution in [0.4, 0.5) is 0 Å². The fraction of sp³-hybridized carbons (Fsp3) is 0.900. The van der Waals surface area contributed by atoms with E-state index < -0.39 is 0 Å². The van der Waals surface area contributed by atoms with Crippen LogP contribution in [0.1, 0.15) is 26.2 Å². The predicted octanol–water partition coefficient (Wildman–Crippen LogP) is 1.89. The van der Waals surface area contributed by atoms with Gasteiger partial charge in [-0.3, -0.25) is 4.79 Å². The summed E-state index contributed by atoms with van der Waals surface area (Å²) in [4.78, 5) is 13.3. The second kappa shape index (κ2) is 8.06. The molecular weight excluding hydrogens is 202 g/mol. The molecule has 0 aliphatic carbocycles. The average molecular weight is 222 g/mol. The number of rotatable bonds is 7. The summed E-state index contributed by atoms with van der Waals surface area (Å²) in [5.74, 6) is 0.796. The standard InChI is InChI=1S/C10H20ClNO2/c1-9(8-14-3)12(2)10(13)6-4-5-7-11/h9H,4-8H2,1-3H3. The molecule has 84 valence electrons. The Morgan fingerprint density at radius 1 is 1.50 bits per heavy atom. The first-order valence-corrected chi connectivity index (χ1v) is 5.47. The maximum Gasteiger partial charge on any atom is 0.222 e. The zero-order valence-electron chi connectivity index (χ0n) is 9.25. The summed E-state index contributed by atoms with van der Waals surface area (Å²) in [7, 11) is 3.45. The number of ether oxygens (including phenoxy) is 1. The van der Waals surface area contributed by atoms with Crippen molar-refractivity contribution in [3.05, 3.63) is 0 Å². The molecule has 14 heavy (non-hydrogen) atoms. The maximum atomic E-state index is 11.6. The molecule has 0 rings (SSSR count). The number of carbonyl (C=O) groups is 1. The van der Waals surface area contributed by atoms with Gasteiger partial charge in [0.25, 0.3) is 0 Å². The number of hydrogen-bond donors (Lipinski definition) is 0. The molecule has 0 aromatic heterocycles. The Balaban J connectivity index is 3.74. The zero-order chi connectivity index (χ0) is 11.0. The van der Waals surface area contributed by atoms with Gasteiger partial charge in [-0.2, -0.15) is 0 Å². The molecule has 4 heteroatoms. The molecule has 0 spiro atoms. The van der Waals surface area contributed by atoms with E-state index in [1.54, 1.807) is 12.0 Å². The predicted molar refractivity (Wildman–Crippen MR) is 58.7 cm³/mol. The second-order valence-corrected chi connectivity index (χ2v) is 3.83. The van der Waals surface area contributed by atoms with Gasteiger partial charge < -0.3 is 9.64 Å². The quantitative estimate of drug-likeness (QED) is 0.486. The van der Waals surface area contributed by atoms with Crippen LogP contribution in [0.25, 0.3) is 0 Å². The van der Waals surface area contributed by atoms with E-state index in [2.05, 4.69) is 0 Å². The Morgan fingerprint density at radius 3 is 2.64 bits per heavy atom. The minimum absolute atomic E-state index is 0.142. The Labute approximate surface area is 91.4 Å². The van der Waals surface area contributed by atoms with Crippen LogP contribution < -0.4 is 0 Å². The maximum absolute atomic E-state index is 11.6. The molecule has 0 aromatic rings. The van der Waals surface area contributed by atoms with Gasteiger partial charge in [-0.15, -0.1) is 11.6 Å². The topological polar surface area (TPSA) is 29.5 Å². The van der Waals surface area contributed by atoms with Crippen molar-refractivity contribution in [1.82, 2.24) is 4.90 Å². The van der Waals surface area contributed by atoms with Gasteiger partial charge in [0.05, 0.1) is 12.6 Å². The molecule has 1 amide bonds. The van der Waals surface area contributed by atoms with Gasteiger partial charge in [0.2, 0.25) is 5.91 Å². The minimum Gasteiger partial charge on any atom is -0.383 e. The summed E-state index contributed by atoms with van der Waals surface area (Å²) in [5.41, 5.74) is 0. The van der Waals surface area contributed by atoms with Gasteiger partial charge >= 0.3 is 0 Å². The largest absolute Gasteiger partial charge is 0.383 e. The Kier molecular flexibility index (Phi) is 7.90. The minimum atomic E-state index is 0.142. The molecule has 0 bridgehead atoms.